The van der Waals surface area contributed by atoms with Gasteiger partial charge in [0.25, 0.3) is 11.8 Å². The molecule has 6 nitrogen and oxygen atoms in total. The molecule has 3 aromatic carbocycles. The predicted molar refractivity (Wildman–Crippen MR) is 151 cm³/mol. The van der Waals surface area contributed by atoms with Crippen LogP contribution >= 0.6 is 58.8 Å². The van der Waals surface area contributed by atoms with Crippen LogP contribution in [0, 0.1) is 0 Å². The van der Waals surface area contributed by atoms with Crippen molar-refractivity contribution in [3.63, 3.8) is 0 Å². The molecule has 184 valence electrons. The van der Waals surface area contributed by atoms with Crippen LogP contribution in [0.4, 0.5) is 11.4 Å². The number of carbonyl (C=O) groups excluding carboxylic acids is 2. The van der Waals surface area contributed by atoms with Gasteiger partial charge in [-0.05, 0) is 72.3 Å². The molecule has 1 fully saturated rings. The molecule has 1 aliphatic rings. The number of hydrogen-bond acceptors (Lipinski definition) is 6. The summed E-state index contributed by atoms with van der Waals surface area (Å²) in [7, 11) is 1.45. The highest BCUT2D eigenvalue weighted by Crippen LogP contribution is 2.40. The summed E-state index contributed by atoms with van der Waals surface area (Å²) in [6.45, 7) is -0.294. The number of nitrogens with zero attached hydrogens (tertiary/aromatic N) is 1. The summed E-state index contributed by atoms with van der Waals surface area (Å²) in [6, 6.07) is 16.8. The molecule has 1 saturated heterocycles. The molecule has 1 heterocycles. The monoisotopic (exact) mass is 578 g/mol. The summed E-state index contributed by atoms with van der Waals surface area (Å²) in [4.78, 5) is 27.2. The Hall–Kier alpha value is -2.75. The Kier molecular flexibility index (Phi) is 8.43. The Labute approximate surface area is 232 Å². The van der Waals surface area contributed by atoms with Crippen molar-refractivity contribution < 1.29 is 19.1 Å². The van der Waals surface area contributed by atoms with Gasteiger partial charge in [0.05, 0.1) is 22.7 Å². The number of benzene rings is 3. The van der Waals surface area contributed by atoms with Gasteiger partial charge in [0, 0.05) is 15.7 Å². The summed E-state index contributed by atoms with van der Waals surface area (Å²) >= 11 is 24.8. The SMILES string of the molecule is COc1cc(/C=C2\SC(=S)N(c3ccc(Cl)cc3)C2=O)cc(Cl)c1OCC(=O)Nc1ccc(Cl)cc1. The minimum absolute atomic E-state index is 0.205. The van der Waals surface area contributed by atoms with Crippen molar-refractivity contribution in [1.29, 1.82) is 0 Å². The molecule has 2 amide bonds. The Morgan fingerprint density at radius 3 is 2.33 bits per heavy atom. The average Bonchev–Trinajstić information content (AvgIpc) is 3.12. The highest BCUT2D eigenvalue weighted by molar-refractivity contribution is 8.27. The third-order valence-electron chi connectivity index (χ3n) is 4.90. The van der Waals surface area contributed by atoms with Crippen molar-refractivity contribution in [2.45, 2.75) is 0 Å². The van der Waals surface area contributed by atoms with Gasteiger partial charge in [0.1, 0.15) is 0 Å². The third kappa shape index (κ3) is 6.14. The molecule has 0 spiro atoms. The van der Waals surface area contributed by atoms with E-state index < -0.39 is 0 Å². The highest BCUT2D eigenvalue weighted by Gasteiger charge is 2.33. The number of nitrogens with one attached hydrogen (secondary N) is 1. The van der Waals surface area contributed by atoms with Crippen molar-refractivity contribution in [1.82, 2.24) is 0 Å². The molecule has 0 aliphatic carbocycles. The topological polar surface area (TPSA) is 67.9 Å². The fraction of sp³-hybridized carbons (Fsp3) is 0.0800. The summed E-state index contributed by atoms with van der Waals surface area (Å²) in [5.74, 6) is -0.135. The van der Waals surface area contributed by atoms with Gasteiger partial charge in [-0.25, -0.2) is 0 Å². The fourth-order valence-electron chi connectivity index (χ4n) is 3.26. The maximum absolute atomic E-state index is 13.0. The van der Waals surface area contributed by atoms with Crippen molar-refractivity contribution in [2.24, 2.45) is 0 Å². The van der Waals surface area contributed by atoms with Crippen molar-refractivity contribution in [3.05, 3.63) is 86.2 Å². The first kappa shape index (κ1) is 26.3. The molecule has 11 heteroatoms. The molecular weight excluding hydrogens is 563 g/mol. The van der Waals surface area contributed by atoms with Crippen LogP contribution in [-0.2, 0) is 9.59 Å². The number of thiocarbonyl (C=S) groups is 1. The maximum Gasteiger partial charge on any atom is 0.270 e. The number of rotatable bonds is 7. The smallest absolute Gasteiger partial charge is 0.270 e. The van der Waals surface area contributed by atoms with Gasteiger partial charge in [-0.2, -0.15) is 0 Å². The van der Waals surface area contributed by atoms with Crippen LogP contribution in [0.2, 0.25) is 15.1 Å². The zero-order valence-corrected chi connectivity index (χ0v) is 22.5. The number of halogens is 3. The van der Waals surface area contributed by atoms with E-state index in [4.69, 9.17) is 56.5 Å². The van der Waals surface area contributed by atoms with Gasteiger partial charge in [0.2, 0.25) is 0 Å². The van der Waals surface area contributed by atoms with Gasteiger partial charge in [-0.3, -0.25) is 14.5 Å². The van der Waals surface area contributed by atoms with E-state index in [9.17, 15) is 9.59 Å². The van der Waals surface area contributed by atoms with Crippen molar-refractivity contribution in [3.8, 4) is 11.5 Å². The molecular formula is C25H17Cl3N2O4S2. The molecule has 1 N–H and O–H groups in total. The van der Waals surface area contributed by atoms with E-state index in [0.717, 1.165) is 0 Å². The molecule has 0 unspecified atom stereocenters. The Bertz CT molecular complexity index is 1360. The first-order valence-electron chi connectivity index (χ1n) is 10.3. The standard InChI is InChI=1S/C25H17Cl3N2O4S2/c1-33-20-11-14(12-21-24(32)30(25(35)36-21)18-8-4-16(27)5-9-18)10-19(28)23(20)34-13-22(31)29-17-6-2-15(26)3-7-17/h2-12H,13H2,1H3,(H,29,31)/b21-12-. The zero-order valence-electron chi connectivity index (χ0n) is 18.6. The molecule has 0 aromatic heterocycles. The molecule has 3 aromatic rings. The van der Waals surface area contributed by atoms with Crippen molar-refractivity contribution in [2.75, 3.05) is 23.9 Å². The van der Waals surface area contributed by atoms with E-state index in [2.05, 4.69) is 5.32 Å². The first-order valence-corrected chi connectivity index (χ1v) is 12.7. The Balaban J connectivity index is 1.49. The predicted octanol–water partition coefficient (Wildman–Crippen LogP) is 7.08. The zero-order chi connectivity index (χ0) is 25.8. The Morgan fingerprint density at radius 2 is 1.69 bits per heavy atom. The largest absolute Gasteiger partial charge is 0.493 e. The fourth-order valence-corrected chi connectivity index (χ4v) is 5.09. The lowest BCUT2D eigenvalue weighted by Gasteiger charge is -2.14. The van der Waals surface area contributed by atoms with E-state index in [1.807, 2.05) is 0 Å². The van der Waals surface area contributed by atoms with E-state index in [1.165, 1.54) is 23.8 Å². The lowest BCUT2D eigenvalue weighted by Crippen LogP contribution is -2.27. The molecule has 36 heavy (non-hydrogen) atoms. The number of hydrogen-bond donors (Lipinski definition) is 1. The second-order valence-electron chi connectivity index (χ2n) is 7.37. The van der Waals surface area contributed by atoms with Gasteiger partial charge < -0.3 is 14.8 Å². The van der Waals surface area contributed by atoms with Crippen LogP contribution in [0.1, 0.15) is 5.56 Å². The molecule has 4 rings (SSSR count). The lowest BCUT2D eigenvalue weighted by atomic mass is 10.1. The van der Waals surface area contributed by atoms with Crippen LogP contribution in [0.15, 0.2) is 65.6 Å². The molecule has 0 saturated carbocycles. The van der Waals surface area contributed by atoms with Gasteiger partial charge in [-0.1, -0.05) is 58.8 Å². The molecule has 1 aliphatic heterocycles. The number of ether oxygens (including phenoxy) is 2. The normalized spacial score (nSPS) is 14.3. The van der Waals surface area contributed by atoms with E-state index >= 15 is 0 Å². The quantitative estimate of drug-likeness (QED) is 0.238. The van der Waals surface area contributed by atoms with Crippen LogP contribution in [0.25, 0.3) is 6.08 Å². The first-order chi connectivity index (χ1) is 17.2. The number of methoxy groups -OCH3 is 1. The second kappa shape index (κ2) is 11.5. The maximum atomic E-state index is 13.0. The van der Waals surface area contributed by atoms with Gasteiger partial charge in [0.15, 0.2) is 22.4 Å². The third-order valence-corrected chi connectivity index (χ3v) is 6.99. The summed E-state index contributed by atoms with van der Waals surface area (Å²) in [6.07, 6.45) is 1.67. The Morgan fingerprint density at radius 1 is 1.06 bits per heavy atom. The molecule has 0 radical (unpaired) electrons. The van der Waals surface area contributed by atoms with E-state index in [1.54, 1.807) is 66.7 Å². The second-order valence-corrected chi connectivity index (χ2v) is 10.3. The minimum Gasteiger partial charge on any atom is -0.493 e. The number of anilines is 2. The highest BCUT2D eigenvalue weighted by atomic mass is 35.5. The van der Waals surface area contributed by atoms with Crippen LogP contribution < -0.4 is 19.7 Å². The summed E-state index contributed by atoms with van der Waals surface area (Å²) in [5, 5.41) is 4.05. The van der Waals surface area contributed by atoms with Crippen molar-refractivity contribution >= 4 is 92.4 Å². The summed E-state index contributed by atoms with van der Waals surface area (Å²) in [5.41, 5.74) is 1.81. The number of amides is 2. The number of carbonyl (C=O) groups is 2. The van der Waals surface area contributed by atoms with Crippen LogP contribution in [0.3, 0.4) is 0 Å². The lowest BCUT2D eigenvalue weighted by molar-refractivity contribution is -0.118. The minimum atomic E-state index is -0.384. The van der Waals surface area contributed by atoms with E-state index in [-0.39, 0.29) is 29.2 Å². The van der Waals surface area contributed by atoms with E-state index in [0.29, 0.717) is 42.0 Å². The van der Waals surface area contributed by atoms with Crippen LogP contribution in [-0.4, -0.2) is 29.9 Å². The summed E-state index contributed by atoms with van der Waals surface area (Å²) < 4.78 is 11.5. The van der Waals surface area contributed by atoms with Gasteiger partial charge >= 0.3 is 0 Å². The average molecular weight is 580 g/mol. The number of thioether (sulfide) groups is 1. The molecule has 0 bridgehead atoms. The van der Waals surface area contributed by atoms with Crippen LogP contribution in [0.5, 0.6) is 11.5 Å². The van der Waals surface area contributed by atoms with Gasteiger partial charge in [-0.15, -0.1) is 0 Å². The molecule has 0 atom stereocenters.